The monoisotopic (exact) mass is 868 g/mol. The largest absolute Gasteiger partial charge is 0.512 e. The Hall–Kier alpha value is -2.88. The van der Waals surface area contributed by atoms with Crippen LogP contribution in [0.5, 0.6) is 0 Å². The van der Waals surface area contributed by atoms with Crippen molar-refractivity contribution in [3.05, 3.63) is 59.9 Å². The standard InChI is InChI=1S/C49H73NO12/c1-7-8-9-10-13-19-24-32(51)25-20-14-11-12-15-21-26-36(53)62-49-37-33(28-47(56,44(60-6)42(49)54)43(37)61-45(55)31-22-17-16-18-23-31)48-35(58-4)27-34(52)46(30-57-3)29-50(2)41(48)38(49)39(59-5)40(46)48/h13,16-19,22-23,25,33-35,37-44,51-52,54,56H,7-12,14-15,20-21,24,26-30H2,1-6H3/b19-13-,32-25+/t33-,34-,35+,37-,38+,39+,40-,41?,42+,43-,44+,46+,47-,48+,49-/m1/s1. The summed E-state index contributed by atoms with van der Waals surface area (Å²) in [6.45, 7) is 2.87. The maximum atomic E-state index is 14.5. The molecule has 5 saturated carbocycles. The van der Waals surface area contributed by atoms with Gasteiger partial charge in [-0.25, -0.2) is 4.79 Å². The maximum absolute atomic E-state index is 14.5. The predicted molar refractivity (Wildman–Crippen MR) is 231 cm³/mol. The average molecular weight is 868 g/mol. The molecule has 4 N–H and O–H groups in total. The summed E-state index contributed by atoms with van der Waals surface area (Å²) in [5, 5.41) is 48.4. The predicted octanol–water partition coefficient (Wildman–Crippen LogP) is 5.94. The van der Waals surface area contributed by atoms with Gasteiger partial charge >= 0.3 is 11.9 Å². The van der Waals surface area contributed by atoms with E-state index in [4.69, 9.17) is 28.4 Å². The lowest BCUT2D eigenvalue weighted by Crippen LogP contribution is -2.81. The van der Waals surface area contributed by atoms with Gasteiger partial charge in [0.15, 0.2) is 5.60 Å². The van der Waals surface area contributed by atoms with E-state index in [1.54, 1.807) is 51.7 Å². The number of likely N-dealkylation sites (tertiary alicyclic amines) is 1. The van der Waals surface area contributed by atoms with Crippen LogP contribution in [0.2, 0.25) is 0 Å². The van der Waals surface area contributed by atoms with Crippen LogP contribution in [0.4, 0.5) is 0 Å². The highest BCUT2D eigenvalue weighted by Crippen LogP contribution is 2.80. The van der Waals surface area contributed by atoms with E-state index < -0.39 is 94.3 Å². The number of esters is 2. The molecule has 1 aromatic rings. The van der Waals surface area contributed by atoms with Crippen LogP contribution in [-0.4, -0.2) is 140 Å². The molecule has 7 bridgehead atoms. The van der Waals surface area contributed by atoms with Gasteiger partial charge in [0.25, 0.3) is 0 Å². The number of unbranched alkanes of at least 4 members (excludes halogenated alkanes) is 8. The number of rotatable bonds is 22. The number of benzene rings is 1. The first kappa shape index (κ1) is 47.1. The van der Waals surface area contributed by atoms with Crippen LogP contribution in [0, 0.1) is 34.5 Å². The number of carbonyl (C=O) groups excluding carboxylic acids is 2. The van der Waals surface area contributed by atoms with Crippen molar-refractivity contribution in [3.63, 3.8) is 0 Å². The van der Waals surface area contributed by atoms with Crippen molar-refractivity contribution in [2.24, 2.45) is 34.5 Å². The number of hydrogen-bond acceptors (Lipinski definition) is 13. The second-order valence-corrected chi connectivity index (χ2v) is 19.3. The number of aliphatic hydroxyl groups is 4. The minimum absolute atomic E-state index is 0.0605. The summed E-state index contributed by atoms with van der Waals surface area (Å²) in [5.74, 6) is -3.27. The number of methoxy groups -OCH3 is 4. The molecule has 62 heavy (non-hydrogen) atoms. The second kappa shape index (κ2) is 19.3. The SMILES string of the molecule is CCCCC/C=C\C/C(O)=C\CCCCCCCC(=O)O[C@]12[C@H]3[C@@H](OC(=O)c4ccccc4)[C@](O)(C[C@H]3[C@@]34C5[C@@H]1[C@H](OC)[C@@H]3[C@](COC)(CN5C)[C@H](O)C[C@@H]4OC)[C@@H](OC)[C@@H]2O. The van der Waals surface area contributed by atoms with E-state index >= 15 is 0 Å². The molecule has 346 valence electrons. The van der Waals surface area contributed by atoms with Gasteiger partial charge in [-0.15, -0.1) is 0 Å². The fourth-order valence-corrected chi connectivity index (χ4v) is 14.3. The zero-order chi connectivity index (χ0) is 44.5. The molecule has 7 rings (SSSR count). The first-order chi connectivity index (χ1) is 29.9. The van der Waals surface area contributed by atoms with E-state index in [0.717, 1.165) is 38.5 Å². The fourth-order valence-electron chi connectivity index (χ4n) is 14.3. The molecule has 1 spiro atoms. The Morgan fingerprint density at radius 3 is 2.31 bits per heavy atom. The third-order valence-electron chi connectivity index (χ3n) is 16.3. The van der Waals surface area contributed by atoms with E-state index in [1.165, 1.54) is 26.4 Å². The summed E-state index contributed by atoms with van der Waals surface area (Å²) >= 11 is 0. The Bertz CT molecular complexity index is 1760. The van der Waals surface area contributed by atoms with E-state index in [9.17, 15) is 30.0 Å². The minimum atomic E-state index is -1.87. The number of aliphatic hydroxyl groups excluding tert-OH is 3. The van der Waals surface area contributed by atoms with E-state index in [-0.39, 0.29) is 25.5 Å². The third kappa shape index (κ3) is 7.48. The second-order valence-electron chi connectivity index (χ2n) is 19.3. The number of hydrogen-bond donors (Lipinski definition) is 4. The van der Waals surface area contributed by atoms with Crippen LogP contribution in [0.1, 0.15) is 107 Å². The number of piperidine rings is 1. The summed E-state index contributed by atoms with van der Waals surface area (Å²) in [5.41, 5.74) is -4.95. The first-order valence-corrected chi connectivity index (χ1v) is 23.3. The van der Waals surface area contributed by atoms with Crippen LogP contribution >= 0.6 is 0 Å². The van der Waals surface area contributed by atoms with Crippen LogP contribution in [0.3, 0.4) is 0 Å². The van der Waals surface area contributed by atoms with Crippen molar-refractivity contribution in [2.45, 2.75) is 151 Å². The van der Waals surface area contributed by atoms with Crippen molar-refractivity contribution in [2.75, 3.05) is 48.6 Å². The van der Waals surface area contributed by atoms with Gasteiger partial charge in [0, 0.05) is 88.9 Å². The molecule has 0 radical (unpaired) electrons. The van der Waals surface area contributed by atoms with Crippen LogP contribution < -0.4 is 0 Å². The lowest BCUT2D eigenvalue weighted by atomic mass is 9.42. The Labute approximate surface area is 368 Å². The molecule has 13 heteroatoms. The summed E-state index contributed by atoms with van der Waals surface area (Å²) in [4.78, 5) is 30.8. The van der Waals surface area contributed by atoms with E-state index in [2.05, 4.69) is 17.9 Å². The lowest BCUT2D eigenvalue weighted by Gasteiger charge is -2.70. The number of allylic oxidation sites excluding steroid dienone is 3. The van der Waals surface area contributed by atoms with Crippen molar-refractivity contribution in [3.8, 4) is 0 Å². The molecule has 1 unspecified atom stereocenters. The summed E-state index contributed by atoms with van der Waals surface area (Å²) in [7, 11) is 8.31. The summed E-state index contributed by atoms with van der Waals surface area (Å²) in [6.07, 6.45) is 10.6. The highest BCUT2D eigenvalue weighted by molar-refractivity contribution is 5.89. The van der Waals surface area contributed by atoms with E-state index in [1.807, 2.05) is 19.2 Å². The van der Waals surface area contributed by atoms with Gasteiger partial charge in [0.2, 0.25) is 0 Å². The van der Waals surface area contributed by atoms with Gasteiger partial charge in [0.1, 0.15) is 23.9 Å². The molecule has 1 heterocycles. The van der Waals surface area contributed by atoms with Gasteiger partial charge in [-0.3, -0.25) is 4.79 Å². The fraction of sp³-hybridized carbons (Fsp3) is 0.755. The van der Waals surface area contributed by atoms with Crippen LogP contribution in [0.15, 0.2) is 54.3 Å². The minimum Gasteiger partial charge on any atom is -0.512 e. The third-order valence-corrected chi connectivity index (χ3v) is 16.3. The number of fused-ring (bicyclic) bond motifs is 2. The molecule has 0 aromatic heterocycles. The molecule has 13 nitrogen and oxygen atoms in total. The van der Waals surface area contributed by atoms with Crippen molar-refractivity contribution < 1.29 is 58.4 Å². The molecule has 1 aliphatic heterocycles. The molecular weight excluding hydrogens is 795 g/mol. The Balaban J connectivity index is 1.18. The lowest BCUT2D eigenvalue weighted by molar-refractivity contribution is -0.321. The molecular formula is C49H73NO12. The molecule has 6 fully saturated rings. The summed E-state index contributed by atoms with van der Waals surface area (Å²) in [6, 6.07) is 8.19. The molecule has 1 saturated heterocycles. The van der Waals surface area contributed by atoms with Gasteiger partial charge in [-0.1, -0.05) is 69.4 Å². The molecule has 1 aromatic carbocycles. The van der Waals surface area contributed by atoms with Gasteiger partial charge < -0.3 is 53.7 Å². The number of carbonyl (C=O) groups is 2. The Kier molecular flexibility index (Phi) is 14.7. The van der Waals surface area contributed by atoms with Gasteiger partial charge in [-0.2, -0.15) is 0 Å². The molecule has 5 aliphatic carbocycles. The normalized spacial score (nSPS) is 40.5. The Morgan fingerprint density at radius 2 is 1.61 bits per heavy atom. The smallest absolute Gasteiger partial charge is 0.338 e. The Morgan fingerprint density at radius 1 is 0.887 bits per heavy atom. The number of ether oxygens (including phenoxy) is 6. The summed E-state index contributed by atoms with van der Waals surface area (Å²) < 4.78 is 38.4. The first-order valence-electron chi connectivity index (χ1n) is 23.3. The highest BCUT2D eigenvalue weighted by Gasteiger charge is 2.92. The topological polar surface area (TPSA) is 174 Å². The quantitative estimate of drug-likeness (QED) is 0.0468. The maximum Gasteiger partial charge on any atom is 0.338 e. The van der Waals surface area contributed by atoms with Gasteiger partial charge in [-0.05, 0) is 69.7 Å². The van der Waals surface area contributed by atoms with E-state index in [0.29, 0.717) is 37.1 Å². The van der Waals surface area contributed by atoms with Crippen LogP contribution in [-0.2, 0) is 33.2 Å². The van der Waals surface area contributed by atoms with Crippen molar-refractivity contribution in [1.82, 2.24) is 4.90 Å². The molecule has 0 amide bonds. The van der Waals surface area contributed by atoms with Crippen molar-refractivity contribution >= 4 is 11.9 Å². The highest BCUT2D eigenvalue weighted by atomic mass is 16.6. The number of nitrogens with zero attached hydrogens (tertiary/aromatic N) is 1. The van der Waals surface area contributed by atoms with Crippen LogP contribution in [0.25, 0.3) is 0 Å². The molecule has 6 aliphatic rings. The van der Waals surface area contributed by atoms with Crippen molar-refractivity contribution in [1.29, 1.82) is 0 Å². The average Bonchev–Trinajstić information content (AvgIpc) is 3.65. The van der Waals surface area contributed by atoms with Gasteiger partial charge in [0.05, 0.1) is 36.2 Å². The zero-order valence-electron chi connectivity index (χ0n) is 37.8. The molecule has 15 atom stereocenters. The zero-order valence-corrected chi connectivity index (χ0v) is 37.8.